The summed E-state index contributed by atoms with van der Waals surface area (Å²) in [6.07, 6.45) is 0.294. The van der Waals surface area contributed by atoms with Crippen LogP contribution in [0.4, 0.5) is 4.79 Å². The number of alkyl halides is 1. The summed E-state index contributed by atoms with van der Waals surface area (Å²) in [6, 6.07) is 0.521. The molecular formula is C7H13IN2O2. The summed E-state index contributed by atoms with van der Waals surface area (Å²) in [5, 5.41) is 11.8. The molecule has 3 rings (SSSR count). The van der Waals surface area contributed by atoms with E-state index in [4.69, 9.17) is 5.11 Å². The van der Waals surface area contributed by atoms with Crippen LogP contribution in [0.5, 0.6) is 0 Å². The molecule has 12 heavy (non-hydrogen) atoms. The van der Waals surface area contributed by atoms with Crippen molar-refractivity contribution < 1.29 is 9.90 Å². The van der Waals surface area contributed by atoms with Crippen LogP contribution in [0.2, 0.25) is 0 Å². The van der Waals surface area contributed by atoms with E-state index in [9.17, 15) is 4.79 Å². The van der Waals surface area contributed by atoms with E-state index in [1.54, 1.807) is 4.90 Å². The van der Waals surface area contributed by atoms with E-state index >= 15 is 0 Å². The van der Waals surface area contributed by atoms with Gasteiger partial charge in [-0.05, 0) is 11.4 Å². The largest absolute Gasteiger partial charge is 0.465 e. The minimum atomic E-state index is -0.761. The van der Waals surface area contributed by atoms with Crippen LogP contribution >= 0.6 is 22.6 Å². The molecular weight excluding hydrogens is 271 g/mol. The molecule has 3 saturated heterocycles. The van der Waals surface area contributed by atoms with E-state index in [1.165, 1.54) is 0 Å². The Balaban J connectivity index is 0.000000336. The molecule has 0 radical (unpaired) electrons. The molecule has 1 amide bonds. The fourth-order valence-corrected chi connectivity index (χ4v) is 1.79. The van der Waals surface area contributed by atoms with Gasteiger partial charge >= 0.3 is 6.09 Å². The summed E-state index contributed by atoms with van der Waals surface area (Å²) >= 11 is 2.15. The van der Waals surface area contributed by atoms with Crippen LogP contribution < -0.4 is 5.32 Å². The summed E-state index contributed by atoms with van der Waals surface area (Å²) in [5.41, 5.74) is 0. The van der Waals surface area contributed by atoms with Crippen molar-refractivity contribution in [2.75, 3.05) is 18.0 Å². The maximum absolute atomic E-state index is 10.5. The zero-order valence-electron chi connectivity index (χ0n) is 6.96. The molecule has 70 valence electrons. The fourth-order valence-electron chi connectivity index (χ4n) is 1.79. The number of carboxylic acid groups (broad SMARTS) is 1. The Kier molecular flexibility index (Phi) is 3.57. The topological polar surface area (TPSA) is 52.6 Å². The van der Waals surface area contributed by atoms with Gasteiger partial charge < -0.3 is 10.4 Å². The Labute approximate surface area is 85.5 Å². The molecule has 0 aromatic carbocycles. The van der Waals surface area contributed by atoms with Gasteiger partial charge in [-0.1, -0.05) is 22.6 Å². The highest BCUT2D eigenvalue weighted by Gasteiger charge is 2.44. The maximum Gasteiger partial charge on any atom is 0.407 e. The molecule has 2 bridgehead atoms. The number of nitrogens with zero attached hydrogens (tertiary/aromatic N) is 1. The van der Waals surface area contributed by atoms with Gasteiger partial charge in [0.1, 0.15) is 0 Å². The number of nitrogens with one attached hydrogen (secondary N) is 1. The fraction of sp³-hybridized carbons (Fsp3) is 0.857. The first-order valence-electron chi connectivity index (χ1n) is 3.89. The molecule has 0 aromatic heterocycles. The van der Waals surface area contributed by atoms with Crippen molar-refractivity contribution >= 4 is 28.7 Å². The average molecular weight is 284 g/mol. The van der Waals surface area contributed by atoms with Crippen LogP contribution in [-0.4, -0.2) is 46.2 Å². The highest BCUT2D eigenvalue weighted by Crippen LogP contribution is 2.27. The number of hydrogen-bond donors (Lipinski definition) is 2. The number of carbonyl (C=O) groups is 1. The molecule has 0 aromatic rings. The average Bonchev–Trinajstić information content (AvgIpc) is 2.08. The van der Waals surface area contributed by atoms with Crippen molar-refractivity contribution in [3.8, 4) is 0 Å². The minimum absolute atomic E-state index is 0.260. The first-order chi connectivity index (χ1) is 5.79. The zero-order chi connectivity index (χ0) is 9.14. The smallest absolute Gasteiger partial charge is 0.407 e. The molecule has 0 spiro atoms. The molecule has 2 atom stereocenters. The van der Waals surface area contributed by atoms with E-state index < -0.39 is 6.09 Å². The number of rotatable bonds is 0. The van der Waals surface area contributed by atoms with Gasteiger partial charge in [-0.2, -0.15) is 0 Å². The van der Waals surface area contributed by atoms with E-state index in [-0.39, 0.29) is 12.1 Å². The van der Waals surface area contributed by atoms with E-state index in [2.05, 4.69) is 27.9 Å². The lowest BCUT2D eigenvalue weighted by molar-refractivity contribution is 0.000989. The van der Waals surface area contributed by atoms with Gasteiger partial charge in [0.05, 0.1) is 0 Å². The van der Waals surface area contributed by atoms with Gasteiger partial charge in [-0.3, -0.25) is 4.90 Å². The third-order valence-corrected chi connectivity index (χ3v) is 2.31. The summed E-state index contributed by atoms with van der Waals surface area (Å²) in [5.74, 6) is 0. The zero-order valence-corrected chi connectivity index (χ0v) is 9.11. The quantitative estimate of drug-likeness (QED) is 0.510. The Morgan fingerprint density at radius 2 is 2.00 bits per heavy atom. The van der Waals surface area contributed by atoms with Crippen molar-refractivity contribution in [1.29, 1.82) is 0 Å². The Morgan fingerprint density at radius 1 is 1.50 bits per heavy atom. The van der Waals surface area contributed by atoms with Crippen molar-refractivity contribution in [3.63, 3.8) is 0 Å². The van der Waals surface area contributed by atoms with Crippen molar-refractivity contribution in [2.45, 2.75) is 18.5 Å². The molecule has 2 N–H and O–H groups in total. The van der Waals surface area contributed by atoms with Crippen LogP contribution in [0.25, 0.3) is 0 Å². The second-order valence-corrected chi connectivity index (χ2v) is 2.89. The minimum Gasteiger partial charge on any atom is -0.465 e. The molecule has 2 unspecified atom stereocenters. The van der Waals surface area contributed by atoms with Crippen molar-refractivity contribution in [3.05, 3.63) is 0 Å². The van der Waals surface area contributed by atoms with Gasteiger partial charge in [-0.25, -0.2) is 4.79 Å². The number of amides is 1. The number of hydrogen-bond acceptors (Lipinski definition) is 2. The van der Waals surface area contributed by atoms with Crippen LogP contribution in [-0.2, 0) is 0 Å². The molecule has 4 nitrogen and oxygen atoms in total. The Bertz CT molecular complexity index is 163. The predicted molar refractivity (Wildman–Crippen MR) is 54.9 cm³/mol. The highest BCUT2D eigenvalue weighted by molar-refractivity contribution is 14.1. The van der Waals surface area contributed by atoms with Crippen LogP contribution in [0, 0.1) is 0 Å². The molecule has 0 saturated carbocycles. The summed E-state index contributed by atoms with van der Waals surface area (Å²) in [6.45, 7) is 1.67. The molecule has 3 aliphatic heterocycles. The van der Waals surface area contributed by atoms with Crippen LogP contribution in [0.15, 0.2) is 0 Å². The van der Waals surface area contributed by atoms with Crippen molar-refractivity contribution in [2.24, 2.45) is 0 Å². The lowest BCUT2D eigenvalue weighted by Gasteiger charge is -2.51. The van der Waals surface area contributed by atoms with E-state index in [0.29, 0.717) is 0 Å². The van der Waals surface area contributed by atoms with Crippen LogP contribution in [0.3, 0.4) is 0 Å². The molecule has 3 heterocycles. The van der Waals surface area contributed by atoms with E-state index in [1.807, 2.05) is 4.93 Å². The van der Waals surface area contributed by atoms with Gasteiger partial charge in [0.2, 0.25) is 0 Å². The number of halogens is 1. The second kappa shape index (κ2) is 4.27. The third-order valence-electron chi connectivity index (χ3n) is 2.31. The lowest BCUT2D eigenvalue weighted by atomic mass is 9.90. The Hall–Kier alpha value is -0.0400. The van der Waals surface area contributed by atoms with Gasteiger partial charge in [0.25, 0.3) is 0 Å². The molecule has 3 fully saturated rings. The summed E-state index contributed by atoms with van der Waals surface area (Å²) in [4.78, 5) is 14.0. The number of piperidine rings is 1. The first kappa shape index (κ1) is 10.0. The Morgan fingerprint density at radius 3 is 2.25 bits per heavy atom. The summed E-state index contributed by atoms with van der Waals surface area (Å²) < 4.78 is 0. The number of piperazine rings is 1. The first-order valence-corrected chi connectivity index (χ1v) is 6.04. The predicted octanol–water partition coefficient (Wildman–Crippen LogP) is 0.762. The van der Waals surface area contributed by atoms with Gasteiger partial charge in [-0.15, -0.1) is 0 Å². The lowest BCUT2D eigenvalue weighted by Crippen LogP contribution is -2.69. The molecule has 5 heteroatoms. The number of fused-ring (bicyclic) bond motifs is 2. The summed E-state index contributed by atoms with van der Waals surface area (Å²) in [7, 11) is 0. The molecule has 3 aliphatic rings. The van der Waals surface area contributed by atoms with Gasteiger partial charge in [0, 0.05) is 25.2 Å². The normalized spacial score (nSPS) is 31.3. The SMILES string of the molecule is CI.O=C(O)N1C2CNCC1C2. The van der Waals surface area contributed by atoms with Crippen molar-refractivity contribution in [1.82, 2.24) is 10.2 Å². The van der Waals surface area contributed by atoms with Gasteiger partial charge in [0.15, 0.2) is 0 Å². The van der Waals surface area contributed by atoms with Crippen LogP contribution in [0.1, 0.15) is 6.42 Å². The monoisotopic (exact) mass is 284 g/mol. The highest BCUT2D eigenvalue weighted by atomic mass is 127. The third kappa shape index (κ3) is 1.66. The maximum atomic E-state index is 10.5. The standard InChI is InChI=1S/C6H10N2O2.CH3I/c9-6(10)8-4-1-5(8)3-7-2-4;1-2/h4-5,7H,1-3H2,(H,9,10);1H3. The van der Waals surface area contributed by atoms with E-state index in [0.717, 1.165) is 19.5 Å². The second-order valence-electron chi connectivity index (χ2n) is 2.89. The molecule has 0 aliphatic carbocycles.